The van der Waals surface area contributed by atoms with Crippen molar-refractivity contribution in [2.24, 2.45) is 5.92 Å². The van der Waals surface area contributed by atoms with E-state index in [0.717, 1.165) is 0 Å². The maximum atomic E-state index is 12.9. The molecule has 0 bridgehead atoms. The molecule has 7 heteroatoms. The molecule has 7 nitrogen and oxygen atoms in total. The number of methoxy groups -OCH3 is 2. The lowest BCUT2D eigenvalue weighted by molar-refractivity contribution is -0.147. The molecular formula is C19H26N2O5. The lowest BCUT2D eigenvalue weighted by Crippen LogP contribution is -2.50. The number of hydrogen-bond acceptors (Lipinski definition) is 5. The summed E-state index contributed by atoms with van der Waals surface area (Å²) in [5.74, 6) is 0.823. The number of nitrogens with zero attached hydrogens (tertiary/aromatic N) is 2. The Labute approximate surface area is 153 Å². The van der Waals surface area contributed by atoms with Crippen LogP contribution in [0.5, 0.6) is 11.5 Å². The minimum absolute atomic E-state index is 0.0117. The SMILES string of the molecule is COc1ccc(N2C[C@@H](C(=O)N3C[C@@H](C)O[C@@H](C)C3)CC2=O)c(OC)c1. The van der Waals surface area contributed by atoms with Crippen molar-refractivity contribution < 1.29 is 23.8 Å². The number of morpholine rings is 1. The van der Waals surface area contributed by atoms with Gasteiger partial charge in [0, 0.05) is 32.1 Å². The van der Waals surface area contributed by atoms with E-state index in [4.69, 9.17) is 14.2 Å². The summed E-state index contributed by atoms with van der Waals surface area (Å²) in [6.45, 7) is 5.43. The van der Waals surface area contributed by atoms with Crippen molar-refractivity contribution in [3.63, 3.8) is 0 Å². The molecule has 0 saturated carbocycles. The third kappa shape index (κ3) is 3.62. The van der Waals surface area contributed by atoms with Crippen LogP contribution in [0.4, 0.5) is 5.69 Å². The van der Waals surface area contributed by atoms with Crippen molar-refractivity contribution in [3.8, 4) is 11.5 Å². The predicted molar refractivity (Wildman–Crippen MR) is 96.6 cm³/mol. The van der Waals surface area contributed by atoms with Crippen LogP contribution in [0.25, 0.3) is 0 Å². The average molecular weight is 362 g/mol. The number of amides is 2. The Kier molecular flexibility index (Phi) is 5.36. The lowest BCUT2D eigenvalue weighted by Gasteiger charge is -2.36. The summed E-state index contributed by atoms with van der Waals surface area (Å²) in [5.41, 5.74) is 0.664. The fraction of sp³-hybridized carbons (Fsp3) is 0.579. The number of hydrogen-bond donors (Lipinski definition) is 0. The van der Waals surface area contributed by atoms with E-state index in [1.807, 2.05) is 18.7 Å². The van der Waals surface area contributed by atoms with E-state index < -0.39 is 0 Å². The van der Waals surface area contributed by atoms with Crippen LogP contribution >= 0.6 is 0 Å². The van der Waals surface area contributed by atoms with Gasteiger partial charge in [-0.1, -0.05) is 0 Å². The Morgan fingerprint density at radius 2 is 1.81 bits per heavy atom. The van der Waals surface area contributed by atoms with Crippen LogP contribution in [-0.4, -0.2) is 62.8 Å². The molecule has 2 aliphatic rings. The van der Waals surface area contributed by atoms with Gasteiger partial charge in [0.15, 0.2) is 0 Å². The van der Waals surface area contributed by atoms with Crippen LogP contribution in [0.1, 0.15) is 20.3 Å². The van der Waals surface area contributed by atoms with Crippen molar-refractivity contribution in [2.45, 2.75) is 32.5 Å². The third-order valence-electron chi connectivity index (χ3n) is 4.88. The maximum Gasteiger partial charge on any atom is 0.228 e. The molecule has 0 unspecified atom stereocenters. The summed E-state index contributed by atoms with van der Waals surface area (Å²) in [7, 11) is 3.13. The van der Waals surface area contributed by atoms with E-state index in [9.17, 15) is 9.59 Å². The molecule has 2 amide bonds. The molecular weight excluding hydrogens is 336 g/mol. The number of benzene rings is 1. The quantitative estimate of drug-likeness (QED) is 0.815. The lowest BCUT2D eigenvalue weighted by atomic mass is 10.1. The van der Waals surface area contributed by atoms with Gasteiger partial charge in [-0.3, -0.25) is 9.59 Å². The van der Waals surface area contributed by atoms with Crippen LogP contribution in [0.15, 0.2) is 18.2 Å². The highest BCUT2D eigenvalue weighted by atomic mass is 16.5. The summed E-state index contributed by atoms with van der Waals surface area (Å²) < 4.78 is 16.3. The first-order valence-corrected chi connectivity index (χ1v) is 8.89. The summed E-state index contributed by atoms with van der Waals surface area (Å²) in [6, 6.07) is 5.32. The van der Waals surface area contributed by atoms with Gasteiger partial charge in [0.05, 0.1) is 38.0 Å². The Bertz CT molecular complexity index is 683. The van der Waals surface area contributed by atoms with Gasteiger partial charge in [0.2, 0.25) is 11.8 Å². The molecule has 2 saturated heterocycles. The fourth-order valence-corrected chi connectivity index (χ4v) is 3.73. The highest BCUT2D eigenvalue weighted by Gasteiger charge is 2.39. The Morgan fingerprint density at radius 3 is 2.42 bits per heavy atom. The fourth-order valence-electron chi connectivity index (χ4n) is 3.73. The summed E-state index contributed by atoms with van der Waals surface area (Å²) in [5, 5.41) is 0. The molecule has 2 heterocycles. The highest BCUT2D eigenvalue weighted by Crippen LogP contribution is 2.36. The third-order valence-corrected chi connectivity index (χ3v) is 4.88. The van der Waals surface area contributed by atoms with Crippen molar-refractivity contribution in [3.05, 3.63) is 18.2 Å². The number of rotatable bonds is 4. The van der Waals surface area contributed by atoms with Crippen LogP contribution in [0.2, 0.25) is 0 Å². The van der Waals surface area contributed by atoms with Crippen molar-refractivity contribution in [1.82, 2.24) is 4.90 Å². The van der Waals surface area contributed by atoms with Crippen LogP contribution in [0, 0.1) is 5.92 Å². The second kappa shape index (κ2) is 7.53. The Morgan fingerprint density at radius 1 is 1.12 bits per heavy atom. The molecule has 0 spiro atoms. The van der Waals surface area contributed by atoms with Crippen LogP contribution in [-0.2, 0) is 14.3 Å². The first kappa shape index (κ1) is 18.5. The van der Waals surface area contributed by atoms with Crippen LogP contribution in [0.3, 0.4) is 0 Å². The van der Waals surface area contributed by atoms with Crippen molar-refractivity contribution in [1.29, 1.82) is 0 Å². The highest BCUT2D eigenvalue weighted by molar-refractivity contribution is 6.01. The first-order chi connectivity index (χ1) is 12.4. The Hall–Kier alpha value is -2.28. The van der Waals surface area contributed by atoms with Gasteiger partial charge in [-0.05, 0) is 26.0 Å². The summed E-state index contributed by atoms with van der Waals surface area (Å²) in [6.07, 6.45) is 0.240. The van der Waals surface area contributed by atoms with E-state index in [2.05, 4.69) is 0 Å². The predicted octanol–water partition coefficient (Wildman–Crippen LogP) is 1.69. The topological polar surface area (TPSA) is 68.3 Å². The molecule has 0 radical (unpaired) electrons. The van der Waals surface area contributed by atoms with E-state index in [0.29, 0.717) is 36.8 Å². The van der Waals surface area contributed by atoms with Gasteiger partial charge in [0.25, 0.3) is 0 Å². The molecule has 0 N–H and O–H groups in total. The maximum absolute atomic E-state index is 12.9. The van der Waals surface area contributed by atoms with E-state index in [-0.39, 0.29) is 36.4 Å². The van der Waals surface area contributed by atoms with E-state index in [1.54, 1.807) is 37.3 Å². The zero-order valence-electron chi connectivity index (χ0n) is 15.7. The minimum atomic E-state index is -0.341. The normalized spacial score (nSPS) is 26.2. The average Bonchev–Trinajstić information content (AvgIpc) is 3.01. The standard InChI is InChI=1S/C19H26N2O5/c1-12-9-20(10-13(2)26-12)19(23)14-7-18(22)21(11-14)16-6-5-15(24-3)8-17(16)25-4/h5-6,8,12-14H,7,9-11H2,1-4H3/t12-,13+,14-/m0/s1. The zero-order valence-corrected chi connectivity index (χ0v) is 15.7. The van der Waals surface area contributed by atoms with Gasteiger partial charge >= 0.3 is 0 Å². The molecule has 142 valence electrons. The van der Waals surface area contributed by atoms with E-state index in [1.165, 1.54) is 0 Å². The van der Waals surface area contributed by atoms with Gasteiger partial charge in [-0.15, -0.1) is 0 Å². The summed E-state index contributed by atoms with van der Waals surface area (Å²) >= 11 is 0. The largest absolute Gasteiger partial charge is 0.497 e. The van der Waals surface area contributed by atoms with Crippen molar-refractivity contribution in [2.75, 3.05) is 38.8 Å². The van der Waals surface area contributed by atoms with Gasteiger partial charge in [0.1, 0.15) is 11.5 Å². The molecule has 0 aromatic heterocycles. The Balaban J connectivity index is 1.75. The van der Waals surface area contributed by atoms with Gasteiger partial charge in [-0.2, -0.15) is 0 Å². The number of ether oxygens (including phenoxy) is 3. The molecule has 1 aromatic rings. The number of carbonyl (C=O) groups is 2. The van der Waals surface area contributed by atoms with Gasteiger partial charge < -0.3 is 24.0 Å². The molecule has 3 atom stereocenters. The van der Waals surface area contributed by atoms with Crippen molar-refractivity contribution >= 4 is 17.5 Å². The summed E-state index contributed by atoms with van der Waals surface area (Å²) in [4.78, 5) is 28.9. The van der Waals surface area contributed by atoms with Gasteiger partial charge in [-0.25, -0.2) is 0 Å². The van der Waals surface area contributed by atoms with Crippen LogP contribution < -0.4 is 14.4 Å². The monoisotopic (exact) mass is 362 g/mol. The number of carbonyl (C=O) groups excluding carboxylic acids is 2. The molecule has 2 fully saturated rings. The second-order valence-electron chi connectivity index (χ2n) is 6.94. The number of anilines is 1. The molecule has 2 aliphatic heterocycles. The molecule has 3 rings (SSSR count). The first-order valence-electron chi connectivity index (χ1n) is 8.89. The molecule has 26 heavy (non-hydrogen) atoms. The van der Waals surface area contributed by atoms with E-state index >= 15 is 0 Å². The molecule has 1 aromatic carbocycles. The zero-order chi connectivity index (χ0) is 18.8. The second-order valence-corrected chi connectivity index (χ2v) is 6.94. The molecule has 0 aliphatic carbocycles. The minimum Gasteiger partial charge on any atom is -0.497 e. The smallest absolute Gasteiger partial charge is 0.228 e.